The first kappa shape index (κ1) is 14.5. The maximum Gasteiger partial charge on any atom is 0.229 e. The normalized spacial score (nSPS) is 25.9. The lowest BCUT2D eigenvalue weighted by molar-refractivity contribution is -0.157. The Balaban J connectivity index is 2.04. The molecule has 0 bridgehead atoms. The summed E-state index contributed by atoms with van der Waals surface area (Å²) in [6, 6.07) is 0. The zero-order valence-corrected chi connectivity index (χ0v) is 12.1. The predicted octanol–water partition coefficient (Wildman–Crippen LogP) is 2.25. The van der Waals surface area contributed by atoms with Gasteiger partial charge in [-0.15, -0.1) is 0 Å². The van der Waals surface area contributed by atoms with Gasteiger partial charge in [0.15, 0.2) is 0 Å². The second kappa shape index (κ2) is 5.23. The number of aliphatic hydroxyl groups is 1. The van der Waals surface area contributed by atoms with Crippen LogP contribution in [0.2, 0.25) is 0 Å². The van der Waals surface area contributed by atoms with Crippen LogP contribution >= 0.6 is 0 Å². The fraction of sp³-hybridized carbons (Fsp3) is 0.867. The van der Waals surface area contributed by atoms with E-state index in [0.717, 1.165) is 32.1 Å². The van der Waals surface area contributed by atoms with E-state index in [1.54, 1.807) is 6.92 Å². The summed E-state index contributed by atoms with van der Waals surface area (Å²) < 4.78 is 0. The van der Waals surface area contributed by atoms with E-state index in [2.05, 4.69) is 0 Å². The van der Waals surface area contributed by atoms with Gasteiger partial charge < -0.3 is 5.11 Å². The molecule has 2 amide bonds. The minimum absolute atomic E-state index is 0.0543. The number of rotatable bonds is 4. The van der Waals surface area contributed by atoms with Gasteiger partial charge in [0.25, 0.3) is 0 Å². The van der Waals surface area contributed by atoms with E-state index in [1.165, 1.54) is 4.90 Å². The molecule has 1 saturated carbocycles. The number of imide groups is 1. The van der Waals surface area contributed by atoms with Gasteiger partial charge in [0.1, 0.15) is 0 Å². The summed E-state index contributed by atoms with van der Waals surface area (Å²) in [5.41, 5.74) is -1.01. The minimum Gasteiger partial charge on any atom is -0.388 e. The third kappa shape index (κ3) is 3.16. The van der Waals surface area contributed by atoms with Gasteiger partial charge in [-0.1, -0.05) is 26.2 Å². The summed E-state index contributed by atoms with van der Waals surface area (Å²) in [4.78, 5) is 25.8. The number of nitrogens with zero attached hydrogens (tertiary/aromatic N) is 1. The Bertz CT molecular complexity index is 350. The van der Waals surface area contributed by atoms with E-state index in [1.807, 2.05) is 6.92 Å². The highest BCUT2D eigenvalue weighted by Gasteiger charge is 2.46. The van der Waals surface area contributed by atoms with Crippen LogP contribution in [0.15, 0.2) is 0 Å². The molecule has 4 nitrogen and oxygen atoms in total. The van der Waals surface area contributed by atoms with Gasteiger partial charge in [0.05, 0.1) is 12.1 Å². The molecule has 19 heavy (non-hydrogen) atoms. The third-order valence-electron chi connectivity index (χ3n) is 4.61. The number of carbonyl (C=O) groups is 2. The van der Waals surface area contributed by atoms with E-state index in [4.69, 9.17) is 0 Å². The Labute approximate surface area is 115 Å². The maximum atomic E-state index is 12.2. The Hall–Kier alpha value is -0.900. The van der Waals surface area contributed by atoms with Crippen molar-refractivity contribution in [2.24, 2.45) is 5.41 Å². The zero-order chi connectivity index (χ0) is 14.1. The molecular weight excluding hydrogens is 242 g/mol. The lowest BCUT2D eigenvalue weighted by Gasteiger charge is -2.39. The van der Waals surface area contributed by atoms with Crippen molar-refractivity contribution in [1.29, 1.82) is 0 Å². The molecule has 1 saturated heterocycles. The van der Waals surface area contributed by atoms with Crippen molar-refractivity contribution in [1.82, 2.24) is 4.90 Å². The van der Waals surface area contributed by atoms with Gasteiger partial charge >= 0.3 is 0 Å². The smallest absolute Gasteiger partial charge is 0.229 e. The van der Waals surface area contributed by atoms with Crippen molar-refractivity contribution >= 4 is 11.8 Å². The fourth-order valence-corrected chi connectivity index (χ4v) is 3.65. The van der Waals surface area contributed by atoms with Crippen LogP contribution < -0.4 is 0 Å². The summed E-state index contributed by atoms with van der Waals surface area (Å²) in [5.74, 6) is -0.177. The topological polar surface area (TPSA) is 57.6 Å². The predicted molar refractivity (Wildman–Crippen MR) is 72.4 cm³/mol. The molecule has 0 aromatic rings. The minimum atomic E-state index is -0.958. The lowest BCUT2D eigenvalue weighted by Crippen LogP contribution is -2.52. The van der Waals surface area contributed by atoms with Gasteiger partial charge in [-0.25, -0.2) is 0 Å². The molecule has 1 atom stereocenters. The molecule has 1 aliphatic carbocycles. The van der Waals surface area contributed by atoms with Crippen LogP contribution in [0.1, 0.15) is 65.2 Å². The Morgan fingerprint density at radius 1 is 1.21 bits per heavy atom. The maximum absolute atomic E-state index is 12.2. The van der Waals surface area contributed by atoms with Gasteiger partial charge in [0.2, 0.25) is 11.8 Å². The Morgan fingerprint density at radius 3 is 2.21 bits per heavy atom. The van der Waals surface area contributed by atoms with Crippen molar-refractivity contribution < 1.29 is 14.7 Å². The van der Waals surface area contributed by atoms with Gasteiger partial charge in [0, 0.05) is 12.8 Å². The van der Waals surface area contributed by atoms with E-state index in [9.17, 15) is 14.7 Å². The Morgan fingerprint density at radius 2 is 1.74 bits per heavy atom. The molecule has 0 aromatic heterocycles. The summed E-state index contributed by atoms with van der Waals surface area (Å²) in [6.45, 7) is 3.84. The molecule has 108 valence electrons. The fourth-order valence-electron chi connectivity index (χ4n) is 3.65. The van der Waals surface area contributed by atoms with E-state index in [-0.39, 0.29) is 23.8 Å². The summed E-state index contributed by atoms with van der Waals surface area (Å²) in [5, 5.41) is 10.2. The molecule has 1 heterocycles. The second-order valence-corrected chi connectivity index (χ2v) is 6.68. The first-order valence-electron chi connectivity index (χ1n) is 7.43. The van der Waals surface area contributed by atoms with Crippen LogP contribution in [0.5, 0.6) is 0 Å². The monoisotopic (exact) mass is 267 g/mol. The van der Waals surface area contributed by atoms with Gasteiger partial charge in [-0.05, 0) is 31.6 Å². The quantitative estimate of drug-likeness (QED) is 0.795. The third-order valence-corrected chi connectivity index (χ3v) is 4.61. The Kier molecular flexibility index (Phi) is 4.00. The van der Waals surface area contributed by atoms with Crippen LogP contribution in [0, 0.1) is 5.41 Å². The van der Waals surface area contributed by atoms with Crippen molar-refractivity contribution in [3.63, 3.8) is 0 Å². The SMILES string of the molecule is CCCC(C)(O)CN1C(=O)CC2(CCCC2)CC1=O. The number of likely N-dealkylation sites (tertiary alicyclic amines) is 1. The average Bonchev–Trinajstić information content (AvgIpc) is 2.72. The molecule has 0 radical (unpaired) electrons. The highest BCUT2D eigenvalue weighted by Crippen LogP contribution is 2.47. The number of β-amino-alcohol motifs (C(OH)–C–C–N with tert-alkyl or cyclic N) is 1. The van der Waals surface area contributed by atoms with Crippen molar-refractivity contribution in [3.8, 4) is 0 Å². The van der Waals surface area contributed by atoms with E-state index in [0.29, 0.717) is 19.3 Å². The number of hydrogen-bond acceptors (Lipinski definition) is 3. The average molecular weight is 267 g/mol. The molecule has 1 aliphatic heterocycles. The van der Waals surface area contributed by atoms with E-state index >= 15 is 0 Å². The van der Waals surface area contributed by atoms with Crippen LogP contribution in [-0.4, -0.2) is 34.0 Å². The van der Waals surface area contributed by atoms with Gasteiger partial charge in [-0.2, -0.15) is 0 Å². The van der Waals surface area contributed by atoms with Crippen molar-refractivity contribution in [2.45, 2.75) is 70.8 Å². The van der Waals surface area contributed by atoms with Crippen LogP contribution in [0.4, 0.5) is 0 Å². The van der Waals surface area contributed by atoms with Crippen LogP contribution in [0.25, 0.3) is 0 Å². The molecule has 1 unspecified atom stereocenters. The van der Waals surface area contributed by atoms with E-state index < -0.39 is 5.60 Å². The summed E-state index contributed by atoms with van der Waals surface area (Å²) in [6.07, 6.45) is 6.69. The largest absolute Gasteiger partial charge is 0.388 e. The summed E-state index contributed by atoms with van der Waals surface area (Å²) >= 11 is 0. The standard InChI is InChI=1S/C15H25NO3/c1-3-6-14(2,19)11-16-12(17)9-15(10-13(16)18)7-4-5-8-15/h19H,3-11H2,1-2H3. The number of amides is 2. The van der Waals surface area contributed by atoms with Crippen LogP contribution in [0.3, 0.4) is 0 Å². The highest BCUT2D eigenvalue weighted by atomic mass is 16.3. The number of piperidine rings is 1. The molecule has 1 spiro atoms. The molecule has 1 N–H and O–H groups in total. The number of hydrogen-bond donors (Lipinski definition) is 1. The summed E-state index contributed by atoms with van der Waals surface area (Å²) in [7, 11) is 0. The molecular formula is C15H25NO3. The highest BCUT2D eigenvalue weighted by molar-refractivity contribution is 5.98. The van der Waals surface area contributed by atoms with Crippen molar-refractivity contribution in [3.05, 3.63) is 0 Å². The molecule has 2 aliphatic rings. The molecule has 0 aromatic carbocycles. The lowest BCUT2D eigenvalue weighted by atomic mass is 9.76. The van der Waals surface area contributed by atoms with Crippen LogP contribution in [-0.2, 0) is 9.59 Å². The second-order valence-electron chi connectivity index (χ2n) is 6.68. The van der Waals surface area contributed by atoms with Gasteiger partial charge in [-0.3, -0.25) is 14.5 Å². The van der Waals surface area contributed by atoms with Crippen molar-refractivity contribution in [2.75, 3.05) is 6.54 Å². The number of carbonyl (C=O) groups excluding carboxylic acids is 2. The zero-order valence-electron chi connectivity index (χ0n) is 12.1. The first-order valence-corrected chi connectivity index (χ1v) is 7.43. The molecule has 4 heteroatoms. The molecule has 2 fully saturated rings. The molecule has 2 rings (SSSR count). The first-order chi connectivity index (χ1) is 8.87.